The first-order valence-electron chi connectivity index (χ1n) is 1.76. The van der Waals surface area contributed by atoms with Gasteiger partial charge < -0.3 is 4.74 Å². The molecule has 1 aliphatic rings. The van der Waals surface area contributed by atoms with Gasteiger partial charge in [0.15, 0.2) is 0 Å². The average Bonchev–Trinajstić information content (AvgIpc) is 2.22. The molecule has 1 N–H and O–H groups in total. The molecule has 1 fully saturated rings. The molecule has 6 heavy (non-hydrogen) atoms. The number of nitrogens with one attached hydrogen (secondary N) is 1. The Morgan fingerprint density at radius 2 is 2.50 bits per heavy atom. The maximum Gasteiger partial charge on any atom is 0.209 e. The van der Waals surface area contributed by atoms with E-state index in [9.17, 15) is 0 Å². The van der Waals surface area contributed by atoms with Gasteiger partial charge in [0.1, 0.15) is 0 Å². The lowest BCUT2D eigenvalue weighted by atomic mass is 10.9. The van der Waals surface area contributed by atoms with Crippen LogP contribution in [-0.2, 0) is 4.74 Å². The van der Waals surface area contributed by atoms with E-state index in [0.29, 0.717) is 0 Å². The first-order chi connectivity index (χ1) is 2.77. The Morgan fingerprint density at radius 3 is 2.50 bits per heavy atom. The standard InChI is InChI=1S/C3H6ClNO/c1-6-3(4)2-5-3/h5H,2H2,1H3. The molecule has 0 radical (unpaired) electrons. The highest BCUT2D eigenvalue weighted by Crippen LogP contribution is 2.21. The van der Waals surface area contributed by atoms with Crippen LogP contribution in [0.3, 0.4) is 0 Å². The zero-order chi connectivity index (χ0) is 4.62. The van der Waals surface area contributed by atoms with Crippen molar-refractivity contribution in [2.24, 2.45) is 0 Å². The quantitative estimate of drug-likeness (QED) is 0.293. The molecule has 36 valence electrons. The highest BCUT2D eigenvalue weighted by Gasteiger charge is 2.39. The van der Waals surface area contributed by atoms with E-state index in [1.165, 1.54) is 0 Å². The zero-order valence-corrected chi connectivity index (χ0v) is 4.25. The Balaban J connectivity index is 2.28. The predicted molar refractivity (Wildman–Crippen MR) is 23.6 cm³/mol. The molecule has 0 aromatic carbocycles. The number of ether oxygens (including phenoxy) is 1. The van der Waals surface area contributed by atoms with Crippen molar-refractivity contribution in [2.45, 2.75) is 5.18 Å². The molecular formula is C3H6ClNO. The summed E-state index contributed by atoms with van der Waals surface area (Å²) in [7, 11) is 1.58. The van der Waals surface area contributed by atoms with Gasteiger partial charge in [-0.3, -0.25) is 5.32 Å². The number of rotatable bonds is 1. The molecule has 1 aliphatic heterocycles. The summed E-state index contributed by atoms with van der Waals surface area (Å²) >= 11 is 5.50. The minimum absolute atomic E-state index is 0.486. The monoisotopic (exact) mass is 107 g/mol. The van der Waals surface area contributed by atoms with Gasteiger partial charge in [0.25, 0.3) is 0 Å². The Kier molecular flexibility index (Phi) is 0.793. The Labute approximate surface area is 41.4 Å². The number of alkyl halides is 1. The molecule has 1 heterocycles. The van der Waals surface area contributed by atoms with E-state index >= 15 is 0 Å². The SMILES string of the molecule is COC1(Cl)CN1. The lowest BCUT2D eigenvalue weighted by Crippen LogP contribution is -2.06. The van der Waals surface area contributed by atoms with Crippen molar-refractivity contribution < 1.29 is 4.74 Å². The van der Waals surface area contributed by atoms with Crippen LogP contribution in [0.15, 0.2) is 0 Å². The third-order valence-electron chi connectivity index (χ3n) is 0.778. The number of halogens is 1. The van der Waals surface area contributed by atoms with Crippen molar-refractivity contribution in [3.8, 4) is 0 Å². The lowest BCUT2D eigenvalue weighted by molar-refractivity contribution is 0.146. The van der Waals surface area contributed by atoms with Gasteiger partial charge in [0.05, 0.1) is 6.54 Å². The van der Waals surface area contributed by atoms with Gasteiger partial charge in [-0.15, -0.1) is 0 Å². The molecule has 0 bridgehead atoms. The first-order valence-corrected chi connectivity index (χ1v) is 2.14. The molecule has 3 heteroatoms. The van der Waals surface area contributed by atoms with E-state index in [4.69, 9.17) is 16.3 Å². The van der Waals surface area contributed by atoms with E-state index < -0.39 is 5.18 Å². The van der Waals surface area contributed by atoms with Gasteiger partial charge in [-0.05, 0) is 0 Å². The molecule has 1 saturated heterocycles. The molecule has 0 saturated carbocycles. The van der Waals surface area contributed by atoms with E-state index in [2.05, 4.69) is 5.32 Å². The van der Waals surface area contributed by atoms with E-state index in [-0.39, 0.29) is 0 Å². The molecule has 0 amide bonds. The predicted octanol–water partition coefficient (Wildman–Crippen LogP) is 0.129. The summed E-state index contributed by atoms with van der Waals surface area (Å²) in [6, 6.07) is 0. The fourth-order valence-electron chi connectivity index (χ4n) is 0.214. The molecule has 1 rings (SSSR count). The van der Waals surface area contributed by atoms with Crippen molar-refractivity contribution in [1.29, 1.82) is 0 Å². The molecule has 0 aromatic heterocycles. The third-order valence-corrected chi connectivity index (χ3v) is 1.20. The Morgan fingerprint density at radius 1 is 2.00 bits per heavy atom. The van der Waals surface area contributed by atoms with Crippen molar-refractivity contribution in [3.05, 3.63) is 0 Å². The van der Waals surface area contributed by atoms with Crippen LogP contribution in [-0.4, -0.2) is 18.8 Å². The fourth-order valence-corrected chi connectivity index (χ4v) is 0.281. The van der Waals surface area contributed by atoms with Crippen molar-refractivity contribution in [1.82, 2.24) is 5.32 Å². The molecule has 1 unspecified atom stereocenters. The summed E-state index contributed by atoms with van der Waals surface area (Å²) in [5.41, 5.74) is 0. The Bertz CT molecular complexity index is 61.8. The summed E-state index contributed by atoms with van der Waals surface area (Å²) in [5, 5.41) is 2.32. The minimum atomic E-state index is -0.486. The molecule has 1 atom stereocenters. The summed E-state index contributed by atoms with van der Waals surface area (Å²) in [6.45, 7) is 0.769. The van der Waals surface area contributed by atoms with Crippen LogP contribution < -0.4 is 5.32 Å². The number of methoxy groups -OCH3 is 1. The van der Waals surface area contributed by atoms with Crippen LogP contribution in [0, 0.1) is 0 Å². The van der Waals surface area contributed by atoms with Crippen LogP contribution >= 0.6 is 11.6 Å². The molecule has 0 aromatic rings. The average molecular weight is 108 g/mol. The van der Waals surface area contributed by atoms with Crippen molar-refractivity contribution in [2.75, 3.05) is 13.7 Å². The highest BCUT2D eigenvalue weighted by molar-refractivity contribution is 6.24. The second kappa shape index (κ2) is 1.09. The molecular weight excluding hydrogens is 101 g/mol. The van der Waals surface area contributed by atoms with Crippen LogP contribution in [0.4, 0.5) is 0 Å². The second-order valence-corrected chi connectivity index (χ2v) is 1.90. The Hall–Kier alpha value is 0.210. The van der Waals surface area contributed by atoms with E-state index in [1.807, 2.05) is 0 Å². The summed E-state index contributed by atoms with van der Waals surface area (Å²) in [6.07, 6.45) is 0. The van der Waals surface area contributed by atoms with Gasteiger partial charge >= 0.3 is 0 Å². The fraction of sp³-hybridized carbons (Fsp3) is 1.00. The van der Waals surface area contributed by atoms with Crippen LogP contribution in [0.2, 0.25) is 0 Å². The number of hydrogen-bond acceptors (Lipinski definition) is 2. The molecule has 0 aliphatic carbocycles. The first kappa shape index (κ1) is 4.37. The second-order valence-electron chi connectivity index (χ2n) is 1.29. The van der Waals surface area contributed by atoms with Crippen molar-refractivity contribution in [3.63, 3.8) is 0 Å². The van der Waals surface area contributed by atoms with Gasteiger partial charge in [0.2, 0.25) is 5.18 Å². The summed E-state index contributed by atoms with van der Waals surface area (Å²) in [5.74, 6) is 0. The highest BCUT2D eigenvalue weighted by atomic mass is 35.5. The van der Waals surface area contributed by atoms with E-state index in [0.717, 1.165) is 6.54 Å². The van der Waals surface area contributed by atoms with Crippen molar-refractivity contribution >= 4 is 11.6 Å². The van der Waals surface area contributed by atoms with Crippen LogP contribution in [0.25, 0.3) is 0 Å². The molecule has 0 spiro atoms. The van der Waals surface area contributed by atoms with E-state index in [1.54, 1.807) is 7.11 Å². The summed E-state index contributed by atoms with van der Waals surface area (Å²) < 4.78 is 4.70. The maximum absolute atomic E-state index is 5.50. The van der Waals surface area contributed by atoms with Gasteiger partial charge in [-0.2, -0.15) is 0 Å². The van der Waals surface area contributed by atoms with Gasteiger partial charge in [-0.1, -0.05) is 11.6 Å². The van der Waals surface area contributed by atoms with Crippen LogP contribution in [0.1, 0.15) is 0 Å². The summed E-state index contributed by atoms with van der Waals surface area (Å²) in [4.78, 5) is 0. The van der Waals surface area contributed by atoms with Gasteiger partial charge in [-0.25, -0.2) is 0 Å². The van der Waals surface area contributed by atoms with Gasteiger partial charge in [0, 0.05) is 7.11 Å². The maximum atomic E-state index is 5.50. The smallest absolute Gasteiger partial charge is 0.209 e. The topological polar surface area (TPSA) is 31.2 Å². The third kappa shape index (κ3) is 0.644. The largest absolute Gasteiger partial charge is 0.349 e. The normalized spacial score (nSPS) is 43.0. The zero-order valence-electron chi connectivity index (χ0n) is 3.49. The number of hydrogen-bond donors (Lipinski definition) is 1. The van der Waals surface area contributed by atoms with Crippen LogP contribution in [0.5, 0.6) is 0 Å². The molecule has 2 nitrogen and oxygen atoms in total. The lowest BCUT2D eigenvalue weighted by Gasteiger charge is -1.95. The minimum Gasteiger partial charge on any atom is -0.349 e.